The highest BCUT2D eigenvalue weighted by Crippen LogP contribution is 2.42. The number of rotatable bonds is 4. The van der Waals surface area contributed by atoms with Crippen molar-refractivity contribution < 1.29 is 9.90 Å². The molecule has 0 spiro atoms. The fourth-order valence-electron chi connectivity index (χ4n) is 4.66. The molecule has 0 aliphatic carbocycles. The molecule has 4 nitrogen and oxygen atoms in total. The van der Waals surface area contributed by atoms with Crippen LogP contribution < -0.4 is 5.32 Å². The van der Waals surface area contributed by atoms with Crippen molar-refractivity contribution in [1.82, 2.24) is 10.2 Å². The second-order valence-corrected chi connectivity index (χ2v) is 7.75. The quantitative estimate of drug-likeness (QED) is 0.877. The van der Waals surface area contributed by atoms with Gasteiger partial charge in [-0.3, -0.25) is 4.79 Å². The van der Waals surface area contributed by atoms with Crippen molar-refractivity contribution in [3.8, 4) is 0 Å². The number of carbonyl (C=O) groups is 1. The molecule has 2 fully saturated rings. The molecule has 1 amide bonds. The van der Waals surface area contributed by atoms with Gasteiger partial charge in [-0.15, -0.1) is 0 Å². The van der Waals surface area contributed by atoms with Gasteiger partial charge >= 0.3 is 0 Å². The molecule has 2 aromatic rings. The van der Waals surface area contributed by atoms with Crippen molar-refractivity contribution >= 4 is 5.91 Å². The zero-order chi connectivity index (χ0) is 18.7. The van der Waals surface area contributed by atoms with Crippen LogP contribution in [0.25, 0.3) is 0 Å². The maximum atomic E-state index is 12.7. The Balaban J connectivity index is 1.55. The lowest BCUT2D eigenvalue weighted by atomic mass is 9.72. The van der Waals surface area contributed by atoms with Crippen LogP contribution in [0.3, 0.4) is 0 Å². The predicted octanol–water partition coefficient (Wildman–Crippen LogP) is 2.91. The molecular formula is C23H28N2O2. The summed E-state index contributed by atoms with van der Waals surface area (Å²) in [6.45, 7) is 2.36. The number of amides is 1. The molecule has 2 aliphatic rings. The summed E-state index contributed by atoms with van der Waals surface area (Å²) in [5.41, 5.74) is 0.834. The van der Waals surface area contributed by atoms with E-state index in [0.29, 0.717) is 13.1 Å². The number of benzene rings is 2. The molecule has 2 heterocycles. The number of aliphatic hydroxyl groups is 1. The monoisotopic (exact) mass is 364 g/mol. The molecule has 1 atom stereocenters. The maximum absolute atomic E-state index is 12.7. The molecule has 0 unspecified atom stereocenters. The van der Waals surface area contributed by atoms with Gasteiger partial charge in [0.15, 0.2) is 0 Å². The highest BCUT2D eigenvalue weighted by atomic mass is 16.3. The summed E-state index contributed by atoms with van der Waals surface area (Å²) in [6.07, 6.45) is 3.63. The number of hydrogen-bond donors (Lipinski definition) is 2. The van der Waals surface area contributed by atoms with Crippen LogP contribution in [-0.4, -0.2) is 41.6 Å². The molecule has 0 bridgehead atoms. The standard InChI is InChI=1S/C23H28N2O2/c26-22(21-12-7-15-24-21)25-16-13-20(14-17-25)23(27,18-8-3-1-4-9-18)19-10-5-2-6-11-19/h1-6,8-11,20-21,24,27H,7,12-17H2/t21-/m1/s1. The number of nitrogens with one attached hydrogen (secondary N) is 1. The lowest BCUT2D eigenvalue weighted by molar-refractivity contribution is -0.135. The number of piperidine rings is 1. The van der Waals surface area contributed by atoms with E-state index in [1.165, 1.54) is 0 Å². The summed E-state index contributed by atoms with van der Waals surface area (Å²) in [4.78, 5) is 14.7. The first-order chi connectivity index (χ1) is 13.2. The van der Waals surface area contributed by atoms with Crippen LogP contribution in [0.4, 0.5) is 0 Å². The molecule has 2 aromatic carbocycles. The Labute approximate surface area is 161 Å². The zero-order valence-corrected chi connectivity index (χ0v) is 15.7. The molecule has 2 saturated heterocycles. The van der Waals surface area contributed by atoms with Gasteiger partial charge in [-0.05, 0) is 49.3 Å². The predicted molar refractivity (Wildman–Crippen MR) is 106 cm³/mol. The minimum atomic E-state index is -1.02. The van der Waals surface area contributed by atoms with E-state index in [0.717, 1.165) is 43.4 Å². The maximum Gasteiger partial charge on any atom is 0.239 e. The molecule has 4 heteroatoms. The van der Waals surface area contributed by atoms with Gasteiger partial charge in [0.1, 0.15) is 5.60 Å². The molecule has 0 radical (unpaired) electrons. The lowest BCUT2D eigenvalue weighted by Gasteiger charge is -2.42. The van der Waals surface area contributed by atoms with Crippen LogP contribution in [0.1, 0.15) is 36.8 Å². The molecule has 142 valence electrons. The third kappa shape index (κ3) is 3.52. The average Bonchev–Trinajstić information content (AvgIpc) is 3.29. The summed E-state index contributed by atoms with van der Waals surface area (Å²) < 4.78 is 0. The fraction of sp³-hybridized carbons (Fsp3) is 0.435. The van der Waals surface area contributed by atoms with Gasteiger partial charge in [-0.1, -0.05) is 60.7 Å². The van der Waals surface area contributed by atoms with Crippen molar-refractivity contribution in [3.63, 3.8) is 0 Å². The first-order valence-corrected chi connectivity index (χ1v) is 10.0. The Morgan fingerprint density at radius 2 is 1.48 bits per heavy atom. The van der Waals surface area contributed by atoms with Gasteiger partial charge in [0.05, 0.1) is 6.04 Å². The van der Waals surface area contributed by atoms with Gasteiger partial charge in [-0.25, -0.2) is 0 Å². The normalized spacial score (nSPS) is 21.4. The highest BCUT2D eigenvalue weighted by molar-refractivity contribution is 5.82. The van der Waals surface area contributed by atoms with Gasteiger partial charge in [-0.2, -0.15) is 0 Å². The first kappa shape index (κ1) is 18.2. The minimum absolute atomic E-state index is 0.0105. The Morgan fingerprint density at radius 1 is 0.926 bits per heavy atom. The van der Waals surface area contributed by atoms with Crippen LogP contribution in [0.2, 0.25) is 0 Å². The van der Waals surface area contributed by atoms with E-state index in [4.69, 9.17) is 0 Å². The van der Waals surface area contributed by atoms with Crippen LogP contribution >= 0.6 is 0 Å². The third-order valence-corrected chi connectivity index (χ3v) is 6.18. The Bertz CT molecular complexity index is 709. The van der Waals surface area contributed by atoms with Gasteiger partial charge in [0.2, 0.25) is 5.91 Å². The summed E-state index contributed by atoms with van der Waals surface area (Å²) in [5, 5.41) is 15.2. The van der Waals surface area contributed by atoms with Crippen LogP contribution in [0.5, 0.6) is 0 Å². The van der Waals surface area contributed by atoms with E-state index < -0.39 is 5.60 Å². The number of nitrogens with zero attached hydrogens (tertiary/aromatic N) is 1. The first-order valence-electron chi connectivity index (χ1n) is 10.0. The Hall–Kier alpha value is -2.17. The highest BCUT2D eigenvalue weighted by Gasteiger charge is 2.42. The summed E-state index contributed by atoms with van der Waals surface area (Å²) in [6, 6.07) is 19.9. The van der Waals surface area contributed by atoms with Crippen LogP contribution in [0, 0.1) is 5.92 Å². The van der Waals surface area contributed by atoms with Gasteiger partial charge < -0.3 is 15.3 Å². The topological polar surface area (TPSA) is 52.6 Å². The molecule has 2 aliphatic heterocycles. The van der Waals surface area contributed by atoms with E-state index in [1.54, 1.807) is 0 Å². The van der Waals surface area contributed by atoms with Gasteiger partial charge in [0, 0.05) is 13.1 Å². The van der Waals surface area contributed by atoms with E-state index in [9.17, 15) is 9.90 Å². The zero-order valence-electron chi connectivity index (χ0n) is 15.7. The molecular weight excluding hydrogens is 336 g/mol. The molecule has 4 rings (SSSR count). The molecule has 0 aromatic heterocycles. The lowest BCUT2D eigenvalue weighted by Crippen LogP contribution is -2.50. The van der Waals surface area contributed by atoms with Crippen molar-refractivity contribution in [2.24, 2.45) is 5.92 Å². The smallest absolute Gasteiger partial charge is 0.239 e. The fourth-order valence-corrected chi connectivity index (χ4v) is 4.66. The van der Waals surface area contributed by atoms with Crippen LogP contribution in [0.15, 0.2) is 60.7 Å². The van der Waals surface area contributed by atoms with E-state index >= 15 is 0 Å². The Kier molecular flexibility index (Phi) is 5.28. The molecule has 27 heavy (non-hydrogen) atoms. The summed E-state index contributed by atoms with van der Waals surface area (Å²) >= 11 is 0. The van der Waals surface area contributed by atoms with Crippen molar-refractivity contribution in [1.29, 1.82) is 0 Å². The van der Waals surface area contributed by atoms with Crippen molar-refractivity contribution in [2.75, 3.05) is 19.6 Å². The van der Waals surface area contributed by atoms with E-state index in [2.05, 4.69) is 5.32 Å². The van der Waals surface area contributed by atoms with E-state index in [1.807, 2.05) is 65.6 Å². The van der Waals surface area contributed by atoms with Crippen molar-refractivity contribution in [3.05, 3.63) is 71.8 Å². The van der Waals surface area contributed by atoms with E-state index in [-0.39, 0.29) is 17.9 Å². The Morgan fingerprint density at radius 3 is 1.96 bits per heavy atom. The molecule has 2 N–H and O–H groups in total. The minimum Gasteiger partial charge on any atom is -0.380 e. The van der Waals surface area contributed by atoms with Crippen LogP contribution in [-0.2, 0) is 10.4 Å². The average molecular weight is 364 g/mol. The number of hydrogen-bond acceptors (Lipinski definition) is 3. The molecule has 0 saturated carbocycles. The second-order valence-electron chi connectivity index (χ2n) is 7.75. The number of carbonyl (C=O) groups excluding carboxylic acids is 1. The second kappa shape index (κ2) is 7.83. The third-order valence-electron chi connectivity index (χ3n) is 6.18. The van der Waals surface area contributed by atoms with Crippen molar-refractivity contribution in [2.45, 2.75) is 37.3 Å². The summed E-state index contributed by atoms with van der Waals surface area (Å²) in [5.74, 6) is 0.316. The SMILES string of the molecule is O=C([C@H]1CCCN1)N1CCC(C(O)(c2ccccc2)c2ccccc2)CC1. The largest absolute Gasteiger partial charge is 0.380 e. The summed E-state index contributed by atoms with van der Waals surface area (Å²) in [7, 11) is 0. The van der Waals surface area contributed by atoms with Gasteiger partial charge in [0.25, 0.3) is 0 Å². The number of likely N-dealkylation sites (tertiary alicyclic amines) is 1.